The van der Waals surface area contributed by atoms with Crippen molar-refractivity contribution in [2.75, 3.05) is 9.80 Å². The summed E-state index contributed by atoms with van der Waals surface area (Å²) >= 11 is 0. The molecule has 52 heavy (non-hydrogen) atoms. The van der Waals surface area contributed by atoms with Crippen molar-refractivity contribution in [3.05, 3.63) is 211 Å². The van der Waals surface area contributed by atoms with E-state index in [-0.39, 0.29) is 5.41 Å². The lowest BCUT2D eigenvalue weighted by Crippen LogP contribution is -2.16. The van der Waals surface area contributed by atoms with E-state index in [1.54, 1.807) is 0 Å². The molecule has 7 aromatic carbocycles. The van der Waals surface area contributed by atoms with Crippen molar-refractivity contribution in [3.8, 4) is 22.3 Å². The number of fused-ring (bicyclic) bond motifs is 3. The second kappa shape index (κ2) is 13.4. The Bertz CT molecular complexity index is 2400. The van der Waals surface area contributed by atoms with E-state index < -0.39 is 0 Å². The average Bonchev–Trinajstić information content (AvgIpc) is 3.42. The summed E-state index contributed by atoms with van der Waals surface area (Å²) in [7, 11) is 0. The molecular formula is C50H42N2. The number of hydrogen-bond acceptors (Lipinski definition) is 2. The molecule has 0 amide bonds. The van der Waals surface area contributed by atoms with Gasteiger partial charge in [-0.25, -0.2) is 0 Å². The Morgan fingerprint density at radius 2 is 0.923 bits per heavy atom. The second-order valence-electron chi connectivity index (χ2n) is 14.1. The molecule has 0 atom stereocenters. The Hall–Kier alpha value is -6.38. The number of rotatable bonds is 9. The van der Waals surface area contributed by atoms with E-state index in [2.05, 4.69) is 214 Å². The first kappa shape index (κ1) is 32.8. The van der Waals surface area contributed by atoms with Crippen molar-refractivity contribution < 1.29 is 0 Å². The number of allylic oxidation sites excluding steroid dienone is 2. The smallest absolute Gasteiger partial charge is 0.0465 e. The van der Waals surface area contributed by atoms with Crippen LogP contribution in [0.1, 0.15) is 36.1 Å². The van der Waals surface area contributed by atoms with E-state index in [0.717, 1.165) is 45.3 Å². The van der Waals surface area contributed by atoms with Crippen LogP contribution in [-0.4, -0.2) is 0 Å². The van der Waals surface area contributed by atoms with E-state index in [1.165, 1.54) is 38.9 Å². The van der Waals surface area contributed by atoms with Crippen LogP contribution in [0.4, 0.5) is 34.1 Å². The molecule has 0 N–H and O–H groups in total. The summed E-state index contributed by atoms with van der Waals surface area (Å²) < 4.78 is 0. The van der Waals surface area contributed by atoms with Gasteiger partial charge in [-0.3, -0.25) is 0 Å². The number of aryl methyl sites for hydroxylation is 1. The van der Waals surface area contributed by atoms with Gasteiger partial charge in [-0.2, -0.15) is 0 Å². The summed E-state index contributed by atoms with van der Waals surface area (Å²) in [4.78, 5) is 4.66. The zero-order valence-electron chi connectivity index (χ0n) is 30.1. The summed E-state index contributed by atoms with van der Waals surface area (Å²) in [6.07, 6.45) is 1.81. The molecule has 0 aromatic heterocycles. The van der Waals surface area contributed by atoms with Crippen LogP contribution in [0.15, 0.2) is 189 Å². The third-order valence-corrected chi connectivity index (χ3v) is 10.5. The molecule has 252 valence electrons. The van der Waals surface area contributed by atoms with Gasteiger partial charge in [-0.1, -0.05) is 130 Å². The predicted octanol–water partition coefficient (Wildman–Crippen LogP) is 14.1. The van der Waals surface area contributed by atoms with Crippen molar-refractivity contribution in [2.24, 2.45) is 0 Å². The molecule has 1 aliphatic carbocycles. The lowest BCUT2D eigenvalue weighted by molar-refractivity contribution is 0.660. The highest BCUT2D eigenvalue weighted by Crippen LogP contribution is 2.50. The van der Waals surface area contributed by atoms with Gasteiger partial charge < -0.3 is 9.80 Å². The number of benzene rings is 7. The molecule has 0 fully saturated rings. The lowest BCUT2D eigenvalue weighted by atomic mass is 9.82. The molecule has 1 aliphatic rings. The van der Waals surface area contributed by atoms with Crippen LogP contribution in [-0.2, 0) is 5.41 Å². The predicted molar refractivity (Wildman–Crippen MR) is 223 cm³/mol. The average molecular weight is 671 g/mol. The van der Waals surface area contributed by atoms with Crippen LogP contribution in [0, 0.1) is 6.92 Å². The third-order valence-electron chi connectivity index (χ3n) is 10.5. The Balaban J connectivity index is 1.12. The first-order valence-electron chi connectivity index (χ1n) is 17.9. The number of hydrogen-bond donors (Lipinski definition) is 0. The monoisotopic (exact) mass is 670 g/mol. The number of anilines is 6. The van der Waals surface area contributed by atoms with Crippen molar-refractivity contribution in [1.82, 2.24) is 0 Å². The number of nitrogens with zero attached hydrogens (tertiary/aromatic N) is 2. The van der Waals surface area contributed by atoms with Gasteiger partial charge in [-0.05, 0) is 130 Å². The fraction of sp³-hybridized carbons (Fsp3) is 0.0800. The fourth-order valence-corrected chi connectivity index (χ4v) is 7.74. The van der Waals surface area contributed by atoms with Crippen LogP contribution in [0.5, 0.6) is 0 Å². The maximum absolute atomic E-state index is 4.17. The summed E-state index contributed by atoms with van der Waals surface area (Å²) in [6.45, 7) is 14.9. The summed E-state index contributed by atoms with van der Waals surface area (Å²) in [5.74, 6) is 0. The topological polar surface area (TPSA) is 6.48 Å². The zero-order chi connectivity index (χ0) is 35.8. The molecule has 7 aromatic rings. The van der Waals surface area contributed by atoms with Gasteiger partial charge in [0, 0.05) is 39.5 Å². The molecule has 2 nitrogen and oxygen atoms in total. The highest BCUT2D eigenvalue weighted by molar-refractivity contribution is 5.86. The fourth-order valence-electron chi connectivity index (χ4n) is 7.74. The minimum Gasteiger partial charge on any atom is -0.310 e. The Labute approximate surface area is 308 Å². The van der Waals surface area contributed by atoms with E-state index >= 15 is 0 Å². The van der Waals surface area contributed by atoms with Gasteiger partial charge in [0.05, 0.1) is 0 Å². The van der Waals surface area contributed by atoms with Crippen LogP contribution in [0.2, 0.25) is 0 Å². The van der Waals surface area contributed by atoms with Crippen LogP contribution < -0.4 is 9.80 Å². The highest BCUT2D eigenvalue weighted by Gasteiger charge is 2.35. The maximum Gasteiger partial charge on any atom is 0.0465 e. The molecule has 0 saturated carbocycles. The largest absolute Gasteiger partial charge is 0.310 e. The second-order valence-corrected chi connectivity index (χ2v) is 14.1. The van der Waals surface area contributed by atoms with Crippen LogP contribution in [0.25, 0.3) is 27.8 Å². The van der Waals surface area contributed by atoms with Crippen LogP contribution in [0.3, 0.4) is 0 Å². The van der Waals surface area contributed by atoms with E-state index in [0.29, 0.717) is 0 Å². The Kier molecular flexibility index (Phi) is 8.45. The summed E-state index contributed by atoms with van der Waals surface area (Å²) in [6, 6.07) is 61.3. The van der Waals surface area contributed by atoms with Gasteiger partial charge in [-0.15, -0.1) is 0 Å². The molecule has 0 saturated heterocycles. The molecule has 0 aliphatic heterocycles. The normalized spacial score (nSPS) is 12.4. The molecule has 0 heterocycles. The quantitative estimate of drug-likeness (QED) is 0.141. The van der Waals surface area contributed by atoms with Gasteiger partial charge in [0.2, 0.25) is 0 Å². The summed E-state index contributed by atoms with van der Waals surface area (Å²) in [5, 5.41) is 0. The molecule has 0 unspecified atom stereocenters. The van der Waals surface area contributed by atoms with Crippen molar-refractivity contribution >= 4 is 39.7 Å². The lowest BCUT2D eigenvalue weighted by Gasteiger charge is -2.28. The van der Waals surface area contributed by atoms with Crippen molar-refractivity contribution in [3.63, 3.8) is 0 Å². The molecule has 8 rings (SSSR count). The molecule has 2 heteroatoms. The zero-order valence-corrected chi connectivity index (χ0v) is 30.1. The molecule has 0 radical (unpaired) electrons. The van der Waals surface area contributed by atoms with E-state index in [1.807, 2.05) is 6.08 Å². The first-order chi connectivity index (χ1) is 25.3. The molecule has 0 spiro atoms. The number of para-hydroxylation sites is 2. The first-order valence-corrected chi connectivity index (χ1v) is 17.9. The van der Waals surface area contributed by atoms with Gasteiger partial charge >= 0.3 is 0 Å². The molecule has 0 bridgehead atoms. The van der Waals surface area contributed by atoms with Crippen molar-refractivity contribution in [1.29, 1.82) is 0 Å². The summed E-state index contributed by atoms with van der Waals surface area (Å²) in [5.41, 5.74) is 17.6. The SMILES string of the molecule is C=CC(=C)c1ccc(N(c2ccccc2)c2ccc(-c3ccc(N(c4ccccc4)c4ccc5c(c4)C(C)(C)c4ccccc4-5)cc3)cc2)cc1C. The minimum absolute atomic E-state index is 0.0701. The van der Waals surface area contributed by atoms with Crippen molar-refractivity contribution in [2.45, 2.75) is 26.2 Å². The molecular weight excluding hydrogens is 629 g/mol. The highest BCUT2D eigenvalue weighted by atomic mass is 15.1. The van der Waals surface area contributed by atoms with Gasteiger partial charge in [0.15, 0.2) is 0 Å². The van der Waals surface area contributed by atoms with Gasteiger partial charge in [0.25, 0.3) is 0 Å². The van der Waals surface area contributed by atoms with E-state index in [9.17, 15) is 0 Å². The van der Waals surface area contributed by atoms with Gasteiger partial charge in [0.1, 0.15) is 0 Å². The standard InChI is InChI=1S/C50H42N2/c1-6-35(2)45-31-29-43(33-36(45)3)51(39-15-9-7-10-16-39)41-25-21-37(22-26-41)38-23-27-42(28-24-38)52(40-17-11-8-12-18-40)44-30-32-47-46-19-13-14-20-48(46)50(4,5)49(47)34-44/h6-34H,1-2H2,3-5H3. The third kappa shape index (κ3) is 5.83. The maximum atomic E-state index is 4.17. The van der Waals surface area contributed by atoms with Crippen LogP contribution >= 0.6 is 0 Å². The minimum atomic E-state index is -0.0701. The Morgan fingerprint density at radius 1 is 0.481 bits per heavy atom. The van der Waals surface area contributed by atoms with E-state index in [4.69, 9.17) is 0 Å². The Morgan fingerprint density at radius 3 is 1.46 bits per heavy atom.